The fourth-order valence-electron chi connectivity index (χ4n) is 4.31. The van der Waals surface area contributed by atoms with Crippen molar-refractivity contribution < 1.29 is 19.1 Å². The zero-order valence-corrected chi connectivity index (χ0v) is 18.4. The van der Waals surface area contributed by atoms with Crippen LogP contribution in [0.5, 0.6) is 11.5 Å². The molecular formula is C26H23N3O4. The highest BCUT2D eigenvalue weighted by Crippen LogP contribution is 2.36. The Morgan fingerprint density at radius 2 is 1.67 bits per heavy atom. The van der Waals surface area contributed by atoms with Gasteiger partial charge >= 0.3 is 5.91 Å². The van der Waals surface area contributed by atoms with Crippen molar-refractivity contribution in [3.63, 3.8) is 0 Å². The minimum atomic E-state index is -0.533. The molecule has 2 heterocycles. The maximum absolute atomic E-state index is 12.8. The average Bonchev–Trinajstić information content (AvgIpc) is 3.40. The van der Waals surface area contributed by atoms with E-state index in [0.717, 1.165) is 28.3 Å². The first kappa shape index (κ1) is 20.8. The summed E-state index contributed by atoms with van der Waals surface area (Å²) in [6.07, 6.45) is 0.650. The molecule has 0 aliphatic carbocycles. The van der Waals surface area contributed by atoms with Gasteiger partial charge in [0.05, 0.1) is 37.2 Å². The summed E-state index contributed by atoms with van der Waals surface area (Å²) in [6.45, 7) is 0.172. The summed E-state index contributed by atoms with van der Waals surface area (Å²) in [4.78, 5) is 26.8. The third kappa shape index (κ3) is 3.71. The van der Waals surface area contributed by atoms with Crippen LogP contribution in [-0.2, 0) is 4.79 Å². The zero-order chi connectivity index (χ0) is 22.9. The van der Waals surface area contributed by atoms with E-state index in [0.29, 0.717) is 17.7 Å². The minimum absolute atomic E-state index is 0.104. The van der Waals surface area contributed by atoms with E-state index in [-0.39, 0.29) is 12.7 Å². The van der Waals surface area contributed by atoms with Crippen molar-refractivity contribution in [3.8, 4) is 11.5 Å². The van der Waals surface area contributed by atoms with Gasteiger partial charge in [0, 0.05) is 12.0 Å². The molecule has 3 aromatic rings. The van der Waals surface area contributed by atoms with Gasteiger partial charge < -0.3 is 9.47 Å². The maximum Gasteiger partial charge on any atom is 0.301 e. The van der Waals surface area contributed by atoms with E-state index in [1.54, 1.807) is 32.4 Å². The number of hydrogen-bond donors (Lipinski definition) is 0. The first-order chi connectivity index (χ1) is 16.1. The summed E-state index contributed by atoms with van der Waals surface area (Å²) >= 11 is 0. The Labute approximate surface area is 191 Å². The fourth-order valence-corrected chi connectivity index (χ4v) is 4.31. The van der Waals surface area contributed by atoms with Crippen LogP contribution in [0.1, 0.15) is 33.9 Å². The smallest absolute Gasteiger partial charge is 0.301 e. The monoisotopic (exact) mass is 441 g/mol. The van der Waals surface area contributed by atoms with Crippen LogP contribution in [0.4, 0.5) is 5.69 Å². The van der Waals surface area contributed by atoms with Gasteiger partial charge in [0.25, 0.3) is 5.78 Å². The van der Waals surface area contributed by atoms with Crippen LogP contribution in [0.2, 0.25) is 0 Å². The van der Waals surface area contributed by atoms with Gasteiger partial charge in [-0.3, -0.25) is 19.5 Å². The standard InChI is InChI=1S/C26H23N3O4/c1-32-19-12-10-17(11-13-19)24-15-22(18-6-5-7-20(14-18)33-2)27-29(24)16-28-23-9-4-3-8-21(23)25(30)26(28)31/h3-14,24H,15-16H2,1-2H3. The van der Waals surface area contributed by atoms with Gasteiger partial charge in [-0.2, -0.15) is 5.10 Å². The number of rotatable bonds is 6. The Kier molecular flexibility index (Phi) is 5.30. The van der Waals surface area contributed by atoms with Crippen LogP contribution in [0.25, 0.3) is 0 Å². The Morgan fingerprint density at radius 1 is 0.909 bits per heavy atom. The zero-order valence-electron chi connectivity index (χ0n) is 18.4. The van der Waals surface area contributed by atoms with Crippen molar-refractivity contribution in [1.29, 1.82) is 0 Å². The lowest BCUT2D eigenvalue weighted by molar-refractivity contribution is -0.114. The molecule has 5 rings (SSSR count). The van der Waals surface area contributed by atoms with E-state index >= 15 is 0 Å². The Bertz CT molecular complexity index is 1250. The van der Waals surface area contributed by atoms with Crippen LogP contribution >= 0.6 is 0 Å². The summed E-state index contributed by atoms with van der Waals surface area (Å²) in [5.74, 6) is 0.507. The molecule has 0 saturated carbocycles. The summed E-state index contributed by atoms with van der Waals surface area (Å²) in [6, 6.07) is 22.6. The van der Waals surface area contributed by atoms with Gasteiger partial charge in [-0.05, 0) is 42.0 Å². The molecular weight excluding hydrogens is 418 g/mol. The highest BCUT2D eigenvalue weighted by Gasteiger charge is 2.39. The molecule has 1 unspecified atom stereocenters. The molecule has 0 aromatic heterocycles. The average molecular weight is 441 g/mol. The van der Waals surface area contributed by atoms with E-state index < -0.39 is 11.7 Å². The van der Waals surface area contributed by atoms with E-state index in [4.69, 9.17) is 14.6 Å². The predicted octanol–water partition coefficient (Wildman–Crippen LogP) is 4.04. The maximum atomic E-state index is 12.8. The van der Waals surface area contributed by atoms with Crippen LogP contribution < -0.4 is 14.4 Å². The second-order valence-electron chi connectivity index (χ2n) is 7.93. The molecule has 0 radical (unpaired) electrons. The van der Waals surface area contributed by atoms with Crippen molar-refractivity contribution in [2.45, 2.75) is 12.5 Å². The largest absolute Gasteiger partial charge is 0.497 e. The molecule has 7 nitrogen and oxygen atoms in total. The van der Waals surface area contributed by atoms with Gasteiger partial charge in [-0.1, -0.05) is 36.4 Å². The van der Waals surface area contributed by atoms with E-state index in [2.05, 4.69) is 0 Å². The molecule has 2 aliphatic heterocycles. The van der Waals surface area contributed by atoms with Gasteiger partial charge in [-0.25, -0.2) is 0 Å². The lowest BCUT2D eigenvalue weighted by Crippen LogP contribution is -2.39. The number of nitrogens with zero attached hydrogens (tertiary/aromatic N) is 3. The molecule has 166 valence electrons. The number of para-hydroxylation sites is 1. The third-order valence-electron chi connectivity index (χ3n) is 6.06. The molecule has 33 heavy (non-hydrogen) atoms. The van der Waals surface area contributed by atoms with Gasteiger partial charge in [-0.15, -0.1) is 0 Å². The van der Waals surface area contributed by atoms with Crippen LogP contribution in [0, 0.1) is 0 Å². The first-order valence-electron chi connectivity index (χ1n) is 10.7. The predicted molar refractivity (Wildman–Crippen MR) is 125 cm³/mol. The number of benzene rings is 3. The Hall–Kier alpha value is -4.13. The van der Waals surface area contributed by atoms with Crippen molar-refractivity contribution in [2.75, 3.05) is 25.8 Å². The minimum Gasteiger partial charge on any atom is -0.497 e. The van der Waals surface area contributed by atoms with Crippen LogP contribution in [-0.4, -0.2) is 43.3 Å². The summed E-state index contributed by atoms with van der Waals surface area (Å²) in [5.41, 5.74) is 3.94. The lowest BCUT2D eigenvalue weighted by Gasteiger charge is -2.28. The van der Waals surface area contributed by atoms with Crippen molar-refractivity contribution in [1.82, 2.24) is 5.01 Å². The summed E-state index contributed by atoms with van der Waals surface area (Å²) < 4.78 is 10.7. The topological polar surface area (TPSA) is 71.4 Å². The SMILES string of the molecule is COc1ccc(C2CC(c3cccc(OC)c3)=NN2CN2C(=O)C(=O)c3ccccc32)cc1. The van der Waals surface area contributed by atoms with Gasteiger partial charge in [0.2, 0.25) is 0 Å². The lowest BCUT2D eigenvalue weighted by atomic mass is 9.98. The van der Waals surface area contributed by atoms with Gasteiger partial charge in [0.15, 0.2) is 0 Å². The second-order valence-corrected chi connectivity index (χ2v) is 7.93. The van der Waals surface area contributed by atoms with Crippen molar-refractivity contribution >= 4 is 23.1 Å². The van der Waals surface area contributed by atoms with Crippen LogP contribution in [0.15, 0.2) is 77.9 Å². The fraction of sp³-hybridized carbons (Fsp3) is 0.192. The number of hydrogen-bond acceptors (Lipinski definition) is 6. The highest BCUT2D eigenvalue weighted by atomic mass is 16.5. The quantitative estimate of drug-likeness (QED) is 0.540. The molecule has 3 aromatic carbocycles. The van der Waals surface area contributed by atoms with Crippen molar-refractivity contribution in [3.05, 3.63) is 89.5 Å². The van der Waals surface area contributed by atoms with Gasteiger partial charge in [0.1, 0.15) is 18.2 Å². The third-order valence-corrected chi connectivity index (χ3v) is 6.06. The molecule has 7 heteroatoms. The molecule has 2 aliphatic rings. The van der Waals surface area contributed by atoms with Crippen molar-refractivity contribution in [2.24, 2.45) is 5.10 Å². The number of anilines is 1. The molecule has 0 N–H and O–H groups in total. The molecule has 1 amide bonds. The number of ether oxygens (including phenoxy) is 2. The summed E-state index contributed by atoms with van der Waals surface area (Å²) in [7, 11) is 3.27. The van der Waals surface area contributed by atoms with E-state index in [1.807, 2.05) is 59.6 Å². The number of ketones is 1. The molecule has 1 atom stereocenters. The molecule has 0 fully saturated rings. The molecule has 0 spiro atoms. The number of Topliss-reactive ketones (excluding diaryl/α,β-unsaturated/α-hetero) is 1. The van der Waals surface area contributed by atoms with E-state index in [1.165, 1.54) is 4.90 Å². The normalized spacial score (nSPS) is 17.3. The number of hydrazone groups is 1. The number of fused-ring (bicyclic) bond motifs is 1. The number of carbonyl (C=O) groups excluding carboxylic acids is 2. The summed E-state index contributed by atoms with van der Waals surface area (Å²) in [5, 5.41) is 6.77. The molecule has 0 saturated heterocycles. The first-order valence-corrected chi connectivity index (χ1v) is 10.7. The molecule has 0 bridgehead atoms. The number of amides is 1. The number of methoxy groups -OCH3 is 2. The Morgan fingerprint density at radius 3 is 2.42 bits per heavy atom. The second kappa shape index (κ2) is 8.43. The highest BCUT2D eigenvalue weighted by molar-refractivity contribution is 6.52. The van der Waals surface area contributed by atoms with Crippen LogP contribution in [0.3, 0.4) is 0 Å². The number of carbonyl (C=O) groups is 2. The van der Waals surface area contributed by atoms with E-state index in [9.17, 15) is 9.59 Å². The Balaban J connectivity index is 1.51.